The van der Waals surface area contributed by atoms with Crippen LogP contribution in [0, 0.1) is 0 Å². The van der Waals surface area contributed by atoms with E-state index in [2.05, 4.69) is 15.7 Å². The van der Waals surface area contributed by atoms with E-state index in [4.69, 9.17) is 0 Å². The number of anilines is 1. The summed E-state index contributed by atoms with van der Waals surface area (Å²) in [5, 5.41) is 9.67. The Morgan fingerprint density at radius 2 is 2.00 bits per heavy atom. The Labute approximate surface area is 106 Å². The van der Waals surface area contributed by atoms with Crippen molar-refractivity contribution in [3.05, 3.63) is 42.7 Å². The predicted molar refractivity (Wildman–Crippen MR) is 70.9 cm³/mol. The minimum Gasteiger partial charge on any atom is -0.336 e. The predicted octanol–water partition coefficient (Wildman–Crippen LogP) is 2.40. The van der Waals surface area contributed by atoms with E-state index in [1.165, 1.54) is 0 Å². The van der Waals surface area contributed by atoms with Crippen LogP contribution in [0.2, 0.25) is 0 Å². The number of hydrogen-bond donors (Lipinski definition) is 2. The number of urea groups is 1. The van der Waals surface area contributed by atoms with Gasteiger partial charge < -0.3 is 10.6 Å². The van der Waals surface area contributed by atoms with E-state index >= 15 is 0 Å². The van der Waals surface area contributed by atoms with Crippen molar-refractivity contribution in [1.82, 2.24) is 15.1 Å². The maximum Gasteiger partial charge on any atom is 0.319 e. The van der Waals surface area contributed by atoms with Crippen molar-refractivity contribution in [2.24, 2.45) is 0 Å². The molecule has 18 heavy (non-hydrogen) atoms. The van der Waals surface area contributed by atoms with Gasteiger partial charge in [-0.25, -0.2) is 9.48 Å². The summed E-state index contributed by atoms with van der Waals surface area (Å²) >= 11 is 0. The van der Waals surface area contributed by atoms with Gasteiger partial charge in [0, 0.05) is 24.1 Å². The average Bonchev–Trinajstić information content (AvgIpc) is 2.82. The number of nitrogens with zero attached hydrogens (tertiary/aromatic N) is 2. The van der Waals surface area contributed by atoms with Crippen molar-refractivity contribution in [3.63, 3.8) is 0 Å². The lowest BCUT2D eigenvalue weighted by atomic mass is 10.3. The van der Waals surface area contributed by atoms with Gasteiger partial charge in [0.15, 0.2) is 0 Å². The van der Waals surface area contributed by atoms with Gasteiger partial charge in [0.25, 0.3) is 0 Å². The molecule has 1 heterocycles. The summed E-state index contributed by atoms with van der Waals surface area (Å²) in [6, 6.07) is 9.27. The highest BCUT2D eigenvalue weighted by molar-refractivity contribution is 5.89. The van der Waals surface area contributed by atoms with Gasteiger partial charge in [-0.15, -0.1) is 0 Å². The fraction of sp³-hybridized carbons (Fsp3) is 0.231. The molecule has 5 nitrogen and oxygen atoms in total. The highest BCUT2D eigenvalue weighted by atomic mass is 16.2. The molecule has 0 radical (unpaired) electrons. The van der Waals surface area contributed by atoms with Crippen LogP contribution in [0.3, 0.4) is 0 Å². The molecule has 0 aliphatic rings. The Hall–Kier alpha value is -2.30. The van der Waals surface area contributed by atoms with Gasteiger partial charge in [0.1, 0.15) is 0 Å². The summed E-state index contributed by atoms with van der Waals surface area (Å²) < 4.78 is 1.76. The molecule has 5 heteroatoms. The summed E-state index contributed by atoms with van der Waals surface area (Å²) in [5.74, 6) is 0. The number of carbonyl (C=O) groups excluding carboxylic acids is 1. The van der Waals surface area contributed by atoms with E-state index in [1.54, 1.807) is 10.9 Å². The van der Waals surface area contributed by atoms with Crippen LogP contribution in [-0.2, 0) is 0 Å². The van der Waals surface area contributed by atoms with E-state index in [0.717, 1.165) is 11.4 Å². The van der Waals surface area contributed by atoms with Crippen LogP contribution < -0.4 is 10.6 Å². The second-order valence-electron chi connectivity index (χ2n) is 4.25. The highest BCUT2D eigenvalue weighted by Gasteiger charge is 2.03. The normalized spacial score (nSPS) is 10.4. The fourth-order valence-electron chi connectivity index (χ4n) is 1.55. The lowest BCUT2D eigenvalue weighted by Gasteiger charge is -2.10. The first-order chi connectivity index (χ1) is 8.65. The van der Waals surface area contributed by atoms with Crippen molar-refractivity contribution >= 4 is 11.7 Å². The maximum atomic E-state index is 11.5. The minimum absolute atomic E-state index is 0.119. The summed E-state index contributed by atoms with van der Waals surface area (Å²) in [7, 11) is 0. The number of hydrogen-bond acceptors (Lipinski definition) is 2. The number of rotatable bonds is 3. The molecule has 94 valence electrons. The first-order valence-electron chi connectivity index (χ1n) is 5.83. The lowest BCUT2D eigenvalue weighted by molar-refractivity contribution is 0.250. The molecule has 0 atom stereocenters. The van der Waals surface area contributed by atoms with Gasteiger partial charge in [-0.2, -0.15) is 5.10 Å². The van der Waals surface area contributed by atoms with E-state index in [0.29, 0.717) is 0 Å². The molecule has 2 aromatic rings. The van der Waals surface area contributed by atoms with Crippen LogP contribution >= 0.6 is 0 Å². The molecule has 0 bridgehead atoms. The van der Waals surface area contributed by atoms with Gasteiger partial charge in [-0.3, -0.25) is 0 Å². The molecule has 0 unspecified atom stereocenters. The molecule has 2 rings (SSSR count). The third-order valence-corrected chi connectivity index (χ3v) is 2.31. The molecule has 2 N–H and O–H groups in total. The standard InChI is InChI=1S/C13H16N4O/c1-10(2)15-13(18)16-11-4-6-12(7-5-11)17-9-3-8-14-17/h3-10H,1-2H3,(H2,15,16,18). The first-order valence-corrected chi connectivity index (χ1v) is 5.83. The van der Waals surface area contributed by atoms with Crippen LogP contribution in [0.4, 0.5) is 10.5 Å². The number of aromatic nitrogens is 2. The third-order valence-electron chi connectivity index (χ3n) is 2.31. The molecule has 0 fully saturated rings. The zero-order valence-electron chi connectivity index (χ0n) is 10.4. The molecule has 2 amide bonds. The monoisotopic (exact) mass is 244 g/mol. The fourth-order valence-corrected chi connectivity index (χ4v) is 1.55. The Balaban J connectivity index is 2.02. The van der Waals surface area contributed by atoms with Crippen molar-refractivity contribution in [3.8, 4) is 5.69 Å². The topological polar surface area (TPSA) is 59.0 Å². The smallest absolute Gasteiger partial charge is 0.319 e. The lowest BCUT2D eigenvalue weighted by Crippen LogP contribution is -2.34. The Morgan fingerprint density at radius 1 is 1.28 bits per heavy atom. The van der Waals surface area contributed by atoms with Crippen LogP contribution in [0.5, 0.6) is 0 Å². The number of carbonyl (C=O) groups is 1. The van der Waals surface area contributed by atoms with E-state index in [9.17, 15) is 4.79 Å². The summed E-state index contributed by atoms with van der Waals surface area (Å²) in [5.41, 5.74) is 1.71. The van der Waals surface area contributed by atoms with E-state index in [1.807, 2.05) is 50.4 Å². The summed E-state index contributed by atoms with van der Waals surface area (Å²) in [4.78, 5) is 11.5. The third kappa shape index (κ3) is 3.10. The molecule has 0 saturated carbocycles. The minimum atomic E-state index is -0.197. The first kappa shape index (κ1) is 12.2. The summed E-state index contributed by atoms with van der Waals surface area (Å²) in [6.07, 6.45) is 3.59. The molecule has 0 spiro atoms. The van der Waals surface area contributed by atoms with E-state index < -0.39 is 0 Å². The Morgan fingerprint density at radius 3 is 2.56 bits per heavy atom. The van der Waals surface area contributed by atoms with Crippen LogP contribution in [-0.4, -0.2) is 21.9 Å². The molecular weight excluding hydrogens is 228 g/mol. The second-order valence-corrected chi connectivity index (χ2v) is 4.25. The largest absolute Gasteiger partial charge is 0.336 e. The highest BCUT2D eigenvalue weighted by Crippen LogP contribution is 2.12. The Bertz CT molecular complexity index is 502. The Kier molecular flexibility index (Phi) is 3.62. The molecule has 0 saturated heterocycles. The molecule has 1 aromatic carbocycles. The van der Waals surface area contributed by atoms with Crippen molar-refractivity contribution in [2.45, 2.75) is 19.9 Å². The van der Waals surface area contributed by atoms with Crippen LogP contribution in [0.25, 0.3) is 5.69 Å². The van der Waals surface area contributed by atoms with Gasteiger partial charge in [-0.1, -0.05) is 0 Å². The average molecular weight is 244 g/mol. The number of benzene rings is 1. The van der Waals surface area contributed by atoms with Crippen molar-refractivity contribution < 1.29 is 4.79 Å². The zero-order chi connectivity index (χ0) is 13.0. The number of amides is 2. The van der Waals surface area contributed by atoms with Gasteiger partial charge >= 0.3 is 6.03 Å². The maximum absolute atomic E-state index is 11.5. The van der Waals surface area contributed by atoms with Crippen molar-refractivity contribution in [2.75, 3.05) is 5.32 Å². The molecule has 0 aliphatic heterocycles. The number of nitrogens with one attached hydrogen (secondary N) is 2. The zero-order valence-corrected chi connectivity index (χ0v) is 10.4. The van der Waals surface area contributed by atoms with Gasteiger partial charge in [0.2, 0.25) is 0 Å². The second kappa shape index (κ2) is 5.35. The molecular formula is C13H16N4O. The quantitative estimate of drug-likeness (QED) is 0.871. The van der Waals surface area contributed by atoms with Gasteiger partial charge in [-0.05, 0) is 44.2 Å². The van der Waals surface area contributed by atoms with Crippen molar-refractivity contribution in [1.29, 1.82) is 0 Å². The van der Waals surface area contributed by atoms with Crippen LogP contribution in [0.15, 0.2) is 42.7 Å². The van der Waals surface area contributed by atoms with Crippen LogP contribution in [0.1, 0.15) is 13.8 Å². The van der Waals surface area contributed by atoms with Gasteiger partial charge in [0.05, 0.1) is 5.69 Å². The molecule has 1 aromatic heterocycles. The SMILES string of the molecule is CC(C)NC(=O)Nc1ccc(-n2cccn2)cc1. The van der Waals surface area contributed by atoms with E-state index in [-0.39, 0.29) is 12.1 Å². The summed E-state index contributed by atoms with van der Waals surface area (Å²) in [6.45, 7) is 3.83. The molecule has 0 aliphatic carbocycles.